The highest BCUT2D eigenvalue weighted by atomic mass is 16.5. The zero-order valence-corrected chi connectivity index (χ0v) is 11.6. The predicted octanol–water partition coefficient (Wildman–Crippen LogP) is 0.625. The lowest BCUT2D eigenvalue weighted by atomic mass is 9.85. The van der Waals surface area contributed by atoms with Gasteiger partial charge in [-0.05, 0) is 25.7 Å². The van der Waals surface area contributed by atoms with E-state index < -0.39 is 0 Å². The van der Waals surface area contributed by atoms with Crippen molar-refractivity contribution < 1.29 is 14.3 Å². The molecule has 0 heterocycles. The summed E-state index contributed by atoms with van der Waals surface area (Å²) in [4.78, 5) is 14.2. The van der Waals surface area contributed by atoms with Gasteiger partial charge in [0.15, 0.2) is 0 Å². The number of hydrogen-bond donors (Lipinski definition) is 1. The van der Waals surface area contributed by atoms with Gasteiger partial charge in [-0.1, -0.05) is 0 Å². The molecule has 2 N–H and O–H groups in total. The SMILES string of the molecule is COCCN(CCOC)C(=O)C1CCC(N)CC1. The van der Waals surface area contributed by atoms with Crippen LogP contribution in [-0.2, 0) is 14.3 Å². The molecule has 0 radical (unpaired) electrons. The number of carbonyl (C=O) groups is 1. The minimum absolute atomic E-state index is 0.138. The van der Waals surface area contributed by atoms with Gasteiger partial charge in [0.05, 0.1) is 13.2 Å². The summed E-state index contributed by atoms with van der Waals surface area (Å²) in [7, 11) is 3.30. The first kappa shape index (κ1) is 15.4. The van der Waals surface area contributed by atoms with Gasteiger partial charge in [-0.25, -0.2) is 0 Å². The Kier molecular flexibility index (Phi) is 7.23. The molecule has 0 aliphatic heterocycles. The molecule has 1 aliphatic rings. The Morgan fingerprint density at radius 2 is 1.61 bits per heavy atom. The maximum atomic E-state index is 12.4. The molecule has 0 atom stereocenters. The van der Waals surface area contributed by atoms with Crippen LogP contribution in [-0.4, -0.2) is 57.4 Å². The van der Waals surface area contributed by atoms with E-state index in [0.29, 0.717) is 26.3 Å². The number of amides is 1. The molecule has 5 nitrogen and oxygen atoms in total. The van der Waals surface area contributed by atoms with Gasteiger partial charge in [-0.15, -0.1) is 0 Å². The first-order chi connectivity index (χ1) is 8.69. The third-order valence-corrected chi connectivity index (χ3v) is 3.56. The van der Waals surface area contributed by atoms with E-state index in [2.05, 4.69) is 0 Å². The Bertz CT molecular complexity index is 232. The van der Waals surface area contributed by atoms with Crippen LogP contribution in [0.3, 0.4) is 0 Å². The molecule has 18 heavy (non-hydrogen) atoms. The van der Waals surface area contributed by atoms with Crippen LogP contribution in [0.5, 0.6) is 0 Å². The molecule has 1 fully saturated rings. The van der Waals surface area contributed by atoms with Crippen molar-refractivity contribution in [1.29, 1.82) is 0 Å². The third kappa shape index (κ3) is 4.92. The highest BCUT2D eigenvalue weighted by Crippen LogP contribution is 2.24. The van der Waals surface area contributed by atoms with Gasteiger partial charge in [0.1, 0.15) is 0 Å². The van der Waals surface area contributed by atoms with E-state index in [0.717, 1.165) is 25.7 Å². The summed E-state index contributed by atoms with van der Waals surface area (Å²) in [6.07, 6.45) is 3.74. The molecule has 0 unspecified atom stereocenters. The van der Waals surface area contributed by atoms with Gasteiger partial charge >= 0.3 is 0 Å². The van der Waals surface area contributed by atoms with E-state index in [-0.39, 0.29) is 17.9 Å². The van der Waals surface area contributed by atoms with Crippen LogP contribution in [0.2, 0.25) is 0 Å². The Morgan fingerprint density at radius 3 is 2.06 bits per heavy atom. The number of methoxy groups -OCH3 is 2. The smallest absolute Gasteiger partial charge is 0.225 e. The molecule has 0 spiro atoms. The minimum atomic E-state index is 0.138. The largest absolute Gasteiger partial charge is 0.383 e. The molecule has 1 saturated carbocycles. The lowest BCUT2D eigenvalue weighted by molar-refractivity contribution is -0.138. The van der Waals surface area contributed by atoms with Crippen LogP contribution in [0.15, 0.2) is 0 Å². The second-order valence-electron chi connectivity index (χ2n) is 4.92. The van der Waals surface area contributed by atoms with Crippen LogP contribution >= 0.6 is 0 Å². The Morgan fingerprint density at radius 1 is 1.11 bits per heavy atom. The fraction of sp³-hybridized carbons (Fsp3) is 0.923. The first-order valence-electron chi connectivity index (χ1n) is 6.71. The second-order valence-corrected chi connectivity index (χ2v) is 4.92. The maximum absolute atomic E-state index is 12.4. The second kappa shape index (κ2) is 8.45. The molecular weight excluding hydrogens is 232 g/mol. The zero-order chi connectivity index (χ0) is 13.4. The fourth-order valence-corrected chi connectivity index (χ4v) is 2.36. The van der Waals surface area contributed by atoms with E-state index in [4.69, 9.17) is 15.2 Å². The Balaban J connectivity index is 2.46. The van der Waals surface area contributed by atoms with Crippen molar-refractivity contribution in [2.24, 2.45) is 11.7 Å². The van der Waals surface area contributed by atoms with Crippen molar-refractivity contribution >= 4 is 5.91 Å². The molecule has 0 aromatic rings. The van der Waals surface area contributed by atoms with Crippen molar-refractivity contribution in [2.45, 2.75) is 31.7 Å². The Hall–Kier alpha value is -0.650. The number of nitrogens with two attached hydrogens (primary N) is 1. The van der Waals surface area contributed by atoms with Crippen molar-refractivity contribution in [3.05, 3.63) is 0 Å². The number of rotatable bonds is 7. The van der Waals surface area contributed by atoms with Crippen molar-refractivity contribution in [3.8, 4) is 0 Å². The topological polar surface area (TPSA) is 64.8 Å². The van der Waals surface area contributed by atoms with Crippen LogP contribution in [0.1, 0.15) is 25.7 Å². The predicted molar refractivity (Wildman–Crippen MR) is 70.3 cm³/mol. The van der Waals surface area contributed by atoms with E-state index in [1.807, 2.05) is 4.90 Å². The summed E-state index contributed by atoms with van der Waals surface area (Å²) in [6, 6.07) is 0.278. The standard InChI is InChI=1S/C13H26N2O3/c1-17-9-7-15(8-10-18-2)13(16)11-3-5-12(14)6-4-11/h11-12H,3-10,14H2,1-2H3. The normalized spacial score (nSPS) is 23.9. The van der Waals surface area contributed by atoms with E-state index in [1.54, 1.807) is 14.2 Å². The van der Waals surface area contributed by atoms with Crippen LogP contribution < -0.4 is 5.73 Å². The lowest BCUT2D eigenvalue weighted by Crippen LogP contribution is -2.42. The van der Waals surface area contributed by atoms with Crippen LogP contribution in [0.25, 0.3) is 0 Å². The van der Waals surface area contributed by atoms with Gasteiger partial charge in [0.25, 0.3) is 0 Å². The summed E-state index contributed by atoms with van der Waals surface area (Å²) in [5.74, 6) is 0.370. The molecule has 1 rings (SSSR count). The van der Waals surface area contributed by atoms with E-state index in [1.165, 1.54) is 0 Å². The van der Waals surface area contributed by atoms with Crippen molar-refractivity contribution in [1.82, 2.24) is 4.90 Å². The molecule has 0 aromatic heterocycles. The lowest BCUT2D eigenvalue weighted by Gasteiger charge is -2.30. The average Bonchev–Trinajstić information content (AvgIpc) is 2.39. The highest BCUT2D eigenvalue weighted by molar-refractivity contribution is 5.79. The quantitative estimate of drug-likeness (QED) is 0.727. The molecular formula is C13H26N2O3. The van der Waals surface area contributed by atoms with Crippen molar-refractivity contribution in [3.63, 3.8) is 0 Å². The molecule has 5 heteroatoms. The van der Waals surface area contributed by atoms with Gasteiger partial charge in [-0.3, -0.25) is 4.79 Å². The first-order valence-corrected chi connectivity index (χ1v) is 6.71. The fourth-order valence-electron chi connectivity index (χ4n) is 2.36. The monoisotopic (exact) mass is 258 g/mol. The van der Waals surface area contributed by atoms with Gasteiger partial charge in [0.2, 0.25) is 5.91 Å². The van der Waals surface area contributed by atoms with E-state index in [9.17, 15) is 4.79 Å². The maximum Gasteiger partial charge on any atom is 0.225 e. The number of ether oxygens (including phenoxy) is 2. The molecule has 0 bridgehead atoms. The van der Waals surface area contributed by atoms with Gasteiger partial charge in [0, 0.05) is 39.3 Å². The average molecular weight is 258 g/mol. The minimum Gasteiger partial charge on any atom is -0.383 e. The van der Waals surface area contributed by atoms with Gasteiger partial charge in [-0.2, -0.15) is 0 Å². The van der Waals surface area contributed by atoms with E-state index >= 15 is 0 Å². The molecule has 1 aliphatic carbocycles. The number of hydrogen-bond acceptors (Lipinski definition) is 4. The summed E-state index contributed by atoms with van der Waals surface area (Å²) in [6.45, 7) is 2.42. The molecule has 0 saturated heterocycles. The number of carbonyl (C=O) groups excluding carboxylic acids is 1. The van der Waals surface area contributed by atoms with Crippen LogP contribution in [0, 0.1) is 5.92 Å². The van der Waals surface area contributed by atoms with Crippen LogP contribution in [0.4, 0.5) is 0 Å². The summed E-state index contributed by atoms with van der Waals surface area (Å²) in [5, 5.41) is 0. The highest BCUT2D eigenvalue weighted by Gasteiger charge is 2.27. The number of nitrogens with zero attached hydrogens (tertiary/aromatic N) is 1. The summed E-state index contributed by atoms with van der Waals surface area (Å²) in [5.41, 5.74) is 5.87. The zero-order valence-electron chi connectivity index (χ0n) is 11.6. The third-order valence-electron chi connectivity index (χ3n) is 3.56. The Labute approximate surface area is 110 Å². The summed E-state index contributed by atoms with van der Waals surface area (Å²) >= 11 is 0. The molecule has 1 amide bonds. The molecule has 106 valence electrons. The summed E-state index contributed by atoms with van der Waals surface area (Å²) < 4.78 is 10.1. The van der Waals surface area contributed by atoms with Gasteiger partial charge < -0.3 is 20.1 Å². The van der Waals surface area contributed by atoms with Crippen molar-refractivity contribution in [2.75, 3.05) is 40.5 Å². The molecule has 0 aromatic carbocycles.